The van der Waals surface area contributed by atoms with Crippen LogP contribution in [0.15, 0.2) is 18.2 Å². The molecule has 0 amide bonds. The lowest BCUT2D eigenvalue weighted by atomic mass is 9.93. The molecule has 4 N–H and O–H groups in total. The van der Waals surface area contributed by atoms with E-state index in [1.54, 1.807) is 13.2 Å². The molecule has 1 aromatic carbocycles. The van der Waals surface area contributed by atoms with Crippen molar-refractivity contribution in [1.29, 1.82) is 0 Å². The van der Waals surface area contributed by atoms with Crippen molar-refractivity contribution in [1.82, 2.24) is 0 Å². The van der Waals surface area contributed by atoms with E-state index in [4.69, 9.17) is 25.4 Å². The number of aliphatic hydroxyl groups excluding tert-OH is 1. The van der Waals surface area contributed by atoms with Gasteiger partial charge in [-0.05, 0) is 43.4 Å². The second-order valence-electron chi connectivity index (χ2n) is 5.63. The van der Waals surface area contributed by atoms with Gasteiger partial charge in [0.25, 0.3) is 0 Å². The van der Waals surface area contributed by atoms with Crippen LogP contribution in [0.5, 0.6) is 5.75 Å². The SMILES string of the molecule is C.COC1OC(CO)C(C)CC1N.Cc1ccc(C)c(O)c1. The van der Waals surface area contributed by atoms with Crippen LogP contribution >= 0.6 is 0 Å². The average molecular weight is 313 g/mol. The van der Waals surface area contributed by atoms with Gasteiger partial charge in [0.2, 0.25) is 0 Å². The maximum atomic E-state index is 9.10. The highest BCUT2D eigenvalue weighted by Gasteiger charge is 2.33. The minimum absolute atomic E-state index is 0. The molecule has 1 aliphatic rings. The summed E-state index contributed by atoms with van der Waals surface area (Å²) in [6, 6.07) is 5.57. The lowest BCUT2D eigenvalue weighted by Crippen LogP contribution is -2.49. The summed E-state index contributed by atoms with van der Waals surface area (Å²) in [5.41, 5.74) is 7.79. The summed E-state index contributed by atoms with van der Waals surface area (Å²) in [5.74, 6) is 0.686. The number of aryl methyl sites for hydroxylation is 2. The Bertz CT molecular complexity index is 425. The van der Waals surface area contributed by atoms with E-state index in [0.29, 0.717) is 11.7 Å². The Labute approximate surface area is 134 Å². The van der Waals surface area contributed by atoms with E-state index >= 15 is 0 Å². The monoisotopic (exact) mass is 313 g/mol. The number of benzene rings is 1. The lowest BCUT2D eigenvalue weighted by Gasteiger charge is -2.37. The minimum atomic E-state index is -0.363. The second-order valence-corrected chi connectivity index (χ2v) is 5.63. The molecule has 0 spiro atoms. The van der Waals surface area contributed by atoms with Crippen LogP contribution in [-0.2, 0) is 9.47 Å². The standard InChI is InChI=1S/C8H17NO3.C8H10O.CH4/c1-5-3-6(9)8(11-2)12-7(5)4-10;1-6-3-4-7(2)8(9)5-6;/h5-8,10H,3-4,9H2,1-2H3;3-5,9H,1-2H3;1H4. The molecule has 5 nitrogen and oxygen atoms in total. The fourth-order valence-corrected chi connectivity index (χ4v) is 2.27. The molecule has 4 atom stereocenters. The first-order chi connectivity index (χ1) is 9.88. The van der Waals surface area contributed by atoms with E-state index in [0.717, 1.165) is 17.5 Å². The Kier molecular flexibility index (Phi) is 9.28. The first kappa shape index (κ1) is 20.9. The van der Waals surface area contributed by atoms with Crippen molar-refractivity contribution < 1.29 is 19.7 Å². The summed E-state index contributed by atoms with van der Waals surface area (Å²) >= 11 is 0. The van der Waals surface area contributed by atoms with Gasteiger partial charge in [-0.1, -0.05) is 26.5 Å². The summed E-state index contributed by atoms with van der Waals surface area (Å²) in [6.45, 7) is 5.90. The molecule has 128 valence electrons. The number of phenolic OH excluding ortho intramolecular Hbond substituents is 1. The second kappa shape index (κ2) is 9.79. The van der Waals surface area contributed by atoms with Crippen LogP contribution in [-0.4, -0.2) is 42.4 Å². The van der Waals surface area contributed by atoms with Gasteiger partial charge in [-0.15, -0.1) is 0 Å². The first-order valence-electron chi connectivity index (χ1n) is 7.20. The van der Waals surface area contributed by atoms with Gasteiger partial charge < -0.3 is 25.4 Å². The van der Waals surface area contributed by atoms with Gasteiger partial charge in [-0.25, -0.2) is 0 Å². The largest absolute Gasteiger partial charge is 0.508 e. The predicted molar refractivity (Wildman–Crippen MR) is 88.8 cm³/mol. The normalized spacial score (nSPS) is 27.4. The van der Waals surface area contributed by atoms with Crippen LogP contribution < -0.4 is 5.73 Å². The fraction of sp³-hybridized carbons (Fsp3) is 0.647. The van der Waals surface area contributed by atoms with Crippen molar-refractivity contribution in [2.75, 3.05) is 13.7 Å². The summed E-state index contributed by atoms with van der Waals surface area (Å²) in [6.07, 6.45) is 0.345. The van der Waals surface area contributed by atoms with Crippen LogP contribution in [0.25, 0.3) is 0 Å². The van der Waals surface area contributed by atoms with Crippen LogP contribution in [0.3, 0.4) is 0 Å². The molecule has 4 unspecified atom stereocenters. The zero-order valence-electron chi connectivity index (χ0n) is 13.2. The summed E-state index contributed by atoms with van der Waals surface area (Å²) < 4.78 is 10.4. The predicted octanol–water partition coefficient (Wildman–Crippen LogP) is 2.35. The van der Waals surface area contributed by atoms with E-state index in [9.17, 15) is 0 Å². The van der Waals surface area contributed by atoms with Crippen LogP contribution in [0, 0.1) is 19.8 Å². The zero-order chi connectivity index (χ0) is 16.0. The molecule has 1 heterocycles. The molecule has 5 heteroatoms. The first-order valence-corrected chi connectivity index (χ1v) is 7.20. The maximum Gasteiger partial charge on any atom is 0.172 e. The molecule has 0 aromatic heterocycles. The van der Waals surface area contributed by atoms with Crippen molar-refractivity contribution in [3.05, 3.63) is 29.3 Å². The number of aromatic hydroxyl groups is 1. The van der Waals surface area contributed by atoms with Crippen LogP contribution in [0.4, 0.5) is 0 Å². The van der Waals surface area contributed by atoms with E-state index in [-0.39, 0.29) is 32.5 Å². The van der Waals surface area contributed by atoms with Gasteiger partial charge in [0.1, 0.15) is 5.75 Å². The Morgan fingerprint density at radius 2 is 2.00 bits per heavy atom. The van der Waals surface area contributed by atoms with Crippen LogP contribution in [0.1, 0.15) is 31.9 Å². The van der Waals surface area contributed by atoms with Crippen LogP contribution in [0.2, 0.25) is 0 Å². The fourth-order valence-electron chi connectivity index (χ4n) is 2.27. The molecule has 1 aromatic rings. The highest BCUT2D eigenvalue weighted by molar-refractivity contribution is 5.34. The maximum absolute atomic E-state index is 9.10. The summed E-state index contributed by atoms with van der Waals surface area (Å²) in [5, 5.41) is 18.0. The van der Waals surface area contributed by atoms with Gasteiger partial charge in [0.15, 0.2) is 6.29 Å². The molecule has 1 fully saturated rings. The highest BCUT2D eigenvalue weighted by Crippen LogP contribution is 2.23. The van der Waals surface area contributed by atoms with Crippen molar-refractivity contribution in [3.63, 3.8) is 0 Å². The number of hydrogen-bond donors (Lipinski definition) is 3. The lowest BCUT2D eigenvalue weighted by molar-refractivity contribution is -0.212. The quantitative estimate of drug-likeness (QED) is 0.780. The number of phenols is 1. The Balaban J connectivity index is 0.000000397. The Morgan fingerprint density at radius 3 is 2.45 bits per heavy atom. The smallest absolute Gasteiger partial charge is 0.172 e. The minimum Gasteiger partial charge on any atom is -0.508 e. The molecule has 2 rings (SSSR count). The molecule has 0 bridgehead atoms. The summed E-state index contributed by atoms with van der Waals surface area (Å²) in [7, 11) is 1.56. The third-order valence-corrected chi connectivity index (χ3v) is 3.71. The van der Waals surface area contributed by atoms with E-state index in [2.05, 4.69) is 0 Å². The van der Waals surface area contributed by atoms with Crippen molar-refractivity contribution in [3.8, 4) is 5.75 Å². The van der Waals surface area contributed by atoms with Gasteiger partial charge in [-0.3, -0.25) is 0 Å². The number of ether oxygens (including phenoxy) is 2. The average Bonchev–Trinajstić information content (AvgIpc) is 2.44. The molecule has 1 aliphatic heterocycles. The van der Waals surface area contributed by atoms with E-state index < -0.39 is 0 Å². The number of methoxy groups -OCH3 is 1. The van der Waals surface area contributed by atoms with E-state index in [1.165, 1.54) is 0 Å². The molecule has 0 aliphatic carbocycles. The topological polar surface area (TPSA) is 84.9 Å². The Hall–Kier alpha value is -1.14. The molecule has 1 saturated heterocycles. The van der Waals surface area contributed by atoms with Gasteiger partial charge >= 0.3 is 0 Å². The zero-order valence-corrected chi connectivity index (χ0v) is 13.2. The molecular weight excluding hydrogens is 282 g/mol. The van der Waals surface area contributed by atoms with Crippen molar-refractivity contribution >= 4 is 0 Å². The summed E-state index contributed by atoms with van der Waals surface area (Å²) in [4.78, 5) is 0. The van der Waals surface area contributed by atoms with E-state index in [1.807, 2.05) is 32.9 Å². The third-order valence-electron chi connectivity index (χ3n) is 3.71. The van der Waals surface area contributed by atoms with Gasteiger partial charge in [-0.2, -0.15) is 0 Å². The molecule has 0 saturated carbocycles. The number of hydrogen-bond acceptors (Lipinski definition) is 5. The number of rotatable bonds is 2. The number of aliphatic hydroxyl groups is 1. The number of nitrogens with two attached hydrogens (primary N) is 1. The van der Waals surface area contributed by atoms with Gasteiger partial charge in [0, 0.05) is 7.11 Å². The van der Waals surface area contributed by atoms with Crippen molar-refractivity contribution in [2.24, 2.45) is 11.7 Å². The molecular formula is C17H31NO4. The van der Waals surface area contributed by atoms with Gasteiger partial charge in [0.05, 0.1) is 18.8 Å². The molecule has 0 radical (unpaired) electrons. The highest BCUT2D eigenvalue weighted by atomic mass is 16.7. The molecule has 22 heavy (non-hydrogen) atoms. The Morgan fingerprint density at radius 1 is 1.36 bits per heavy atom. The third kappa shape index (κ3) is 5.93. The van der Waals surface area contributed by atoms with Crippen molar-refractivity contribution in [2.45, 2.75) is 53.1 Å².